The molecule has 0 aliphatic carbocycles. The summed E-state index contributed by atoms with van der Waals surface area (Å²) in [5.74, 6) is 0.435. The van der Waals surface area contributed by atoms with E-state index in [1.807, 2.05) is 0 Å². The Morgan fingerprint density at radius 3 is 1.08 bits per heavy atom. The average molecular weight is 507 g/mol. The average Bonchev–Trinajstić information content (AvgIpc) is 2.89. The number of Topliss-reactive ketones (excluding diaryl/α,β-unsaturated/α-hetero) is 1. The summed E-state index contributed by atoms with van der Waals surface area (Å²) < 4.78 is 41.5. The second kappa shape index (κ2) is 13.7. The molecule has 11 nitrogen and oxygen atoms in total. The third-order valence-corrected chi connectivity index (χ3v) is 4.93. The van der Waals surface area contributed by atoms with Crippen molar-refractivity contribution in [2.75, 3.05) is 55.9 Å². The van der Waals surface area contributed by atoms with E-state index in [1.54, 1.807) is 24.3 Å². The number of methoxy groups -OCH3 is 6. The van der Waals surface area contributed by atoms with Crippen LogP contribution in [0.15, 0.2) is 24.3 Å². The Kier molecular flexibility index (Phi) is 10.7. The molecule has 2 aromatic carbocycles. The molecule has 196 valence electrons. The Morgan fingerprint density at radius 1 is 0.528 bits per heavy atom. The molecular formula is C25H30O11. The van der Waals surface area contributed by atoms with E-state index in [1.165, 1.54) is 42.7 Å². The monoisotopic (exact) mass is 506 g/mol. The van der Waals surface area contributed by atoms with Crippen LogP contribution in [0.25, 0.3) is 0 Å². The molecule has 0 unspecified atom stereocenters. The van der Waals surface area contributed by atoms with Gasteiger partial charge in [-0.3, -0.25) is 14.4 Å². The van der Waals surface area contributed by atoms with Gasteiger partial charge in [-0.15, -0.1) is 0 Å². The van der Waals surface area contributed by atoms with Crippen LogP contribution in [0.3, 0.4) is 0 Å². The number of rotatable bonds is 14. The van der Waals surface area contributed by atoms with Crippen molar-refractivity contribution in [3.05, 3.63) is 35.4 Å². The van der Waals surface area contributed by atoms with Crippen LogP contribution in [0.4, 0.5) is 0 Å². The van der Waals surface area contributed by atoms with Crippen LogP contribution in [-0.2, 0) is 36.7 Å². The SMILES string of the molecule is COc1cc(CC(=O)OCC(=O)COC(=O)Cc2cc(OC)c(OC)c(OC)c2)cc(OC)c1OC. The van der Waals surface area contributed by atoms with Gasteiger partial charge in [0.25, 0.3) is 0 Å². The van der Waals surface area contributed by atoms with Gasteiger partial charge < -0.3 is 37.9 Å². The summed E-state index contributed by atoms with van der Waals surface area (Å²) >= 11 is 0. The molecule has 36 heavy (non-hydrogen) atoms. The van der Waals surface area contributed by atoms with E-state index >= 15 is 0 Å². The number of esters is 2. The first kappa shape index (κ1) is 28.1. The molecule has 2 aromatic rings. The lowest BCUT2D eigenvalue weighted by molar-refractivity contribution is -0.152. The Labute approximate surface area is 209 Å². The number of carbonyl (C=O) groups excluding carboxylic acids is 3. The molecule has 0 saturated carbocycles. The molecule has 2 rings (SSSR count). The topological polar surface area (TPSA) is 125 Å². The summed E-state index contributed by atoms with van der Waals surface area (Å²) in [6.07, 6.45) is -0.268. The third-order valence-electron chi connectivity index (χ3n) is 4.93. The van der Waals surface area contributed by atoms with Gasteiger partial charge in [0.15, 0.2) is 36.2 Å². The Morgan fingerprint density at radius 2 is 0.833 bits per heavy atom. The van der Waals surface area contributed by atoms with Crippen molar-refractivity contribution in [2.24, 2.45) is 0 Å². The van der Waals surface area contributed by atoms with E-state index < -0.39 is 30.9 Å². The minimum atomic E-state index is -0.652. The molecule has 0 fully saturated rings. The maximum absolute atomic E-state index is 12.2. The number of hydrogen-bond acceptors (Lipinski definition) is 11. The van der Waals surface area contributed by atoms with E-state index in [9.17, 15) is 14.4 Å². The minimum absolute atomic E-state index is 0.134. The molecule has 0 heterocycles. The fraction of sp³-hybridized carbons (Fsp3) is 0.400. The molecular weight excluding hydrogens is 476 g/mol. The van der Waals surface area contributed by atoms with Gasteiger partial charge in [-0.2, -0.15) is 0 Å². The highest BCUT2D eigenvalue weighted by atomic mass is 16.6. The summed E-state index contributed by atoms with van der Waals surface area (Å²) in [7, 11) is 8.78. The number of carbonyl (C=O) groups is 3. The second-order valence-corrected chi connectivity index (χ2v) is 7.28. The van der Waals surface area contributed by atoms with Crippen molar-refractivity contribution in [1.29, 1.82) is 0 Å². The lowest BCUT2D eigenvalue weighted by Gasteiger charge is -2.14. The minimum Gasteiger partial charge on any atom is -0.493 e. The Balaban J connectivity index is 1.87. The van der Waals surface area contributed by atoms with Crippen molar-refractivity contribution in [3.63, 3.8) is 0 Å². The number of benzene rings is 2. The maximum atomic E-state index is 12.2. The van der Waals surface area contributed by atoms with Gasteiger partial charge in [0.2, 0.25) is 17.3 Å². The fourth-order valence-electron chi connectivity index (χ4n) is 3.27. The zero-order valence-electron chi connectivity index (χ0n) is 21.1. The van der Waals surface area contributed by atoms with E-state index in [0.717, 1.165) is 0 Å². The van der Waals surface area contributed by atoms with Gasteiger partial charge in [0, 0.05) is 0 Å². The van der Waals surface area contributed by atoms with E-state index in [0.29, 0.717) is 45.6 Å². The van der Waals surface area contributed by atoms with Gasteiger partial charge in [-0.1, -0.05) is 0 Å². The lowest BCUT2D eigenvalue weighted by Crippen LogP contribution is -2.22. The van der Waals surface area contributed by atoms with Crippen LogP contribution >= 0.6 is 0 Å². The zero-order valence-corrected chi connectivity index (χ0v) is 21.1. The molecule has 0 aliphatic rings. The Bertz CT molecular complexity index is 944. The van der Waals surface area contributed by atoms with Gasteiger partial charge in [0.05, 0.1) is 55.5 Å². The van der Waals surface area contributed by atoms with Crippen LogP contribution in [-0.4, -0.2) is 73.6 Å². The first-order valence-corrected chi connectivity index (χ1v) is 10.7. The highest BCUT2D eigenvalue weighted by molar-refractivity contribution is 5.86. The normalized spacial score (nSPS) is 10.2. The highest BCUT2D eigenvalue weighted by Crippen LogP contribution is 2.39. The van der Waals surface area contributed by atoms with Crippen molar-refractivity contribution in [1.82, 2.24) is 0 Å². The summed E-state index contributed by atoms with van der Waals surface area (Å²) in [4.78, 5) is 36.4. The number of ether oxygens (including phenoxy) is 8. The zero-order chi connectivity index (χ0) is 26.7. The third kappa shape index (κ3) is 7.42. The molecule has 11 heteroatoms. The van der Waals surface area contributed by atoms with Crippen LogP contribution < -0.4 is 28.4 Å². The van der Waals surface area contributed by atoms with Gasteiger partial charge in [-0.25, -0.2) is 0 Å². The van der Waals surface area contributed by atoms with E-state index in [4.69, 9.17) is 37.9 Å². The molecule has 0 aliphatic heterocycles. The smallest absolute Gasteiger partial charge is 0.310 e. The van der Waals surface area contributed by atoms with Crippen molar-refractivity contribution >= 4 is 17.7 Å². The summed E-state index contributed by atoms with van der Waals surface area (Å²) in [6, 6.07) is 6.43. The van der Waals surface area contributed by atoms with Crippen LogP contribution in [0, 0.1) is 0 Å². The quantitative estimate of drug-likeness (QED) is 0.350. The molecule has 0 atom stereocenters. The predicted molar refractivity (Wildman–Crippen MR) is 127 cm³/mol. The van der Waals surface area contributed by atoms with Crippen molar-refractivity contribution in [3.8, 4) is 34.5 Å². The van der Waals surface area contributed by atoms with Crippen LogP contribution in [0.5, 0.6) is 34.5 Å². The summed E-state index contributed by atoms with van der Waals surface area (Å²) in [6.45, 7) is -1.08. The first-order chi connectivity index (χ1) is 17.3. The molecule has 0 radical (unpaired) electrons. The lowest BCUT2D eigenvalue weighted by atomic mass is 10.1. The van der Waals surface area contributed by atoms with Crippen molar-refractivity contribution in [2.45, 2.75) is 12.8 Å². The molecule has 0 N–H and O–H groups in total. The summed E-state index contributed by atoms with van der Waals surface area (Å²) in [5.41, 5.74) is 1.08. The largest absolute Gasteiger partial charge is 0.493 e. The highest BCUT2D eigenvalue weighted by Gasteiger charge is 2.18. The molecule has 0 aromatic heterocycles. The maximum Gasteiger partial charge on any atom is 0.310 e. The summed E-state index contributed by atoms with van der Waals surface area (Å²) in [5, 5.41) is 0. The van der Waals surface area contributed by atoms with E-state index in [2.05, 4.69) is 0 Å². The van der Waals surface area contributed by atoms with Gasteiger partial charge >= 0.3 is 11.9 Å². The van der Waals surface area contributed by atoms with Crippen LogP contribution in [0.2, 0.25) is 0 Å². The molecule has 0 bridgehead atoms. The van der Waals surface area contributed by atoms with Crippen molar-refractivity contribution < 1.29 is 52.3 Å². The Hall–Kier alpha value is -4.15. The molecule has 0 spiro atoms. The molecule has 0 saturated heterocycles. The number of hydrogen-bond donors (Lipinski definition) is 0. The van der Waals surface area contributed by atoms with Crippen LogP contribution in [0.1, 0.15) is 11.1 Å². The number of ketones is 1. The van der Waals surface area contributed by atoms with Gasteiger partial charge in [0.1, 0.15) is 0 Å². The molecule has 0 amide bonds. The van der Waals surface area contributed by atoms with E-state index in [-0.39, 0.29) is 12.8 Å². The first-order valence-electron chi connectivity index (χ1n) is 10.7. The fourth-order valence-corrected chi connectivity index (χ4v) is 3.27. The second-order valence-electron chi connectivity index (χ2n) is 7.28. The standard InChI is InChI=1S/C25H30O11/c1-29-18-7-15(8-19(30-2)24(18)33-5)11-22(27)35-13-17(26)14-36-23(28)12-16-9-20(31-3)25(34-6)21(10-16)32-4/h7-10H,11-14H2,1-6H3. The predicted octanol–water partition coefficient (Wildman–Crippen LogP) is 2.18. The van der Waals surface area contributed by atoms with Gasteiger partial charge in [-0.05, 0) is 35.4 Å².